The lowest BCUT2D eigenvalue weighted by atomic mass is 10.1. The van der Waals surface area contributed by atoms with Crippen molar-refractivity contribution in [3.8, 4) is 0 Å². The Bertz CT molecular complexity index is 491. The quantitative estimate of drug-likeness (QED) is 0.819. The number of aromatic nitrogens is 2. The minimum absolute atomic E-state index is 0.493. The van der Waals surface area contributed by atoms with Crippen LogP contribution in [0.15, 0.2) is 24.4 Å². The average Bonchev–Trinajstić information content (AvgIpc) is 2.83. The molecule has 18 heavy (non-hydrogen) atoms. The van der Waals surface area contributed by atoms with Crippen LogP contribution in [0.1, 0.15) is 19.4 Å². The normalized spacial score (nSPS) is 13.3. The molecule has 1 unspecified atom stereocenters. The summed E-state index contributed by atoms with van der Waals surface area (Å²) in [6.45, 7) is 7.46. The van der Waals surface area contributed by atoms with Gasteiger partial charge in [-0.05, 0) is 32.1 Å². The number of H-pyrrole nitrogens is 1. The third-order valence-electron chi connectivity index (χ3n) is 3.29. The first-order valence-corrected chi connectivity index (χ1v) is 6.53. The molecule has 1 atom stereocenters. The zero-order valence-corrected chi connectivity index (χ0v) is 11.4. The third kappa shape index (κ3) is 3.31. The summed E-state index contributed by atoms with van der Waals surface area (Å²) in [7, 11) is 2.15. The molecule has 0 bridgehead atoms. The molecule has 4 heteroatoms. The van der Waals surface area contributed by atoms with Gasteiger partial charge in [-0.3, -0.25) is 5.10 Å². The maximum absolute atomic E-state index is 4.04. The molecule has 0 amide bonds. The van der Waals surface area contributed by atoms with E-state index in [0.29, 0.717) is 6.04 Å². The van der Waals surface area contributed by atoms with Crippen molar-refractivity contribution in [2.24, 2.45) is 0 Å². The molecule has 0 fully saturated rings. The predicted octanol–water partition coefficient (Wildman–Crippen LogP) is 1.99. The smallest absolute Gasteiger partial charge is 0.0653 e. The van der Waals surface area contributed by atoms with Gasteiger partial charge in [-0.25, -0.2) is 0 Å². The fourth-order valence-electron chi connectivity index (χ4n) is 2.05. The van der Waals surface area contributed by atoms with E-state index in [0.717, 1.165) is 30.5 Å². The Hall–Kier alpha value is -1.39. The zero-order chi connectivity index (χ0) is 13.0. The van der Waals surface area contributed by atoms with Crippen molar-refractivity contribution in [2.45, 2.75) is 26.4 Å². The summed E-state index contributed by atoms with van der Waals surface area (Å²) in [6, 6.07) is 6.91. The van der Waals surface area contributed by atoms with Crippen LogP contribution in [0.2, 0.25) is 0 Å². The summed E-state index contributed by atoms with van der Waals surface area (Å²) in [4.78, 5) is 2.32. The van der Waals surface area contributed by atoms with E-state index in [1.807, 2.05) is 6.20 Å². The summed E-state index contributed by atoms with van der Waals surface area (Å²) in [6.07, 6.45) is 1.85. The van der Waals surface area contributed by atoms with Crippen LogP contribution in [0.3, 0.4) is 0 Å². The van der Waals surface area contributed by atoms with Gasteiger partial charge in [-0.1, -0.05) is 19.1 Å². The Balaban J connectivity index is 1.89. The number of nitrogens with zero attached hydrogens (tertiary/aromatic N) is 2. The Morgan fingerprint density at radius 1 is 1.44 bits per heavy atom. The van der Waals surface area contributed by atoms with E-state index in [1.165, 1.54) is 5.56 Å². The van der Waals surface area contributed by atoms with Crippen molar-refractivity contribution in [3.63, 3.8) is 0 Å². The maximum atomic E-state index is 4.04. The number of hydrogen-bond donors (Lipinski definition) is 2. The van der Waals surface area contributed by atoms with Crippen LogP contribution >= 0.6 is 0 Å². The maximum Gasteiger partial charge on any atom is 0.0653 e. The lowest BCUT2D eigenvalue weighted by Crippen LogP contribution is -2.36. The second-order valence-corrected chi connectivity index (χ2v) is 4.93. The Labute approximate surface area is 108 Å². The van der Waals surface area contributed by atoms with Gasteiger partial charge in [0.2, 0.25) is 0 Å². The van der Waals surface area contributed by atoms with Gasteiger partial charge < -0.3 is 10.2 Å². The van der Waals surface area contributed by atoms with Crippen molar-refractivity contribution in [1.29, 1.82) is 0 Å². The predicted molar refractivity (Wildman–Crippen MR) is 75.6 cm³/mol. The fraction of sp³-hybridized carbons (Fsp3) is 0.500. The third-order valence-corrected chi connectivity index (χ3v) is 3.29. The first-order valence-electron chi connectivity index (χ1n) is 6.53. The molecule has 1 heterocycles. The summed E-state index contributed by atoms with van der Waals surface area (Å²) < 4.78 is 0. The molecule has 2 N–H and O–H groups in total. The van der Waals surface area contributed by atoms with Gasteiger partial charge in [0, 0.05) is 24.5 Å². The molecular formula is C14H22N4. The zero-order valence-electron chi connectivity index (χ0n) is 11.4. The van der Waals surface area contributed by atoms with E-state index >= 15 is 0 Å². The fourth-order valence-corrected chi connectivity index (χ4v) is 2.05. The minimum Gasteiger partial charge on any atom is -0.309 e. The summed E-state index contributed by atoms with van der Waals surface area (Å²) in [5, 5.41) is 11.7. The van der Waals surface area contributed by atoms with Crippen LogP contribution in [-0.4, -0.2) is 41.3 Å². The van der Waals surface area contributed by atoms with Crippen molar-refractivity contribution in [3.05, 3.63) is 30.0 Å². The summed E-state index contributed by atoms with van der Waals surface area (Å²) in [5.74, 6) is 0. The molecule has 98 valence electrons. The average molecular weight is 246 g/mol. The van der Waals surface area contributed by atoms with Crippen LogP contribution in [0.5, 0.6) is 0 Å². The number of nitrogens with one attached hydrogen (secondary N) is 2. The van der Waals surface area contributed by atoms with E-state index < -0.39 is 0 Å². The molecule has 0 spiro atoms. The van der Waals surface area contributed by atoms with Crippen LogP contribution in [0.4, 0.5) is 0 Å². The van der Waals surface area contributed by atoms with E-state index in [-0.39, 0.29) is 0 Å². The summed E-state index contributed by atoms with van der Waals surface area (Å²) in [5.41, 5.74) is 2.39. The van der Waals surface area contributed by atoms with Crippen LogP contribution in [-0.2, 0) is 6.54 Å². The molecule has 0 saturated carbocycles. The monoisotopic (exact) mass is 246 g/mol. The highest BCUT2D eigenvalue weighted by molar-refractivity contribution is 5.78. The molecule has 2 rings (SSSR count). The van der Waals surface area contributed by atoms with Gasteiger partial charge in [0.15, 0.2) is 0 Å². The van der Waals surface area contributed by atoms with E-state index in [1.54, 1.807) is 0 Å². The molecule has 0 saturated heterocycles. The Morgan fingerprint density at radius 3 is 3.06 bits per heavy atom. The molecular weight excluding hydrogens is 224 g/mol. The van der Waals surface area contributed by atoms with E-state index in [4.69, 9.17) is 0 Å². The second kappa shape index (κ2) is 5.98. The van der Waals surface area contributed by atoms with Crippen LogP contribution < -0.4 is 5.32 Å². The highest BCUT2D eigenvalue weighted by Crippen LogP contribution is 2.12. The molecule has 0 aliphatic heterocycles. The van der Waals surface area contributed by atoms with Crippen molar-refractivity contribution >= 4 is 10.9 Å². The number of aromatic amines is 1. The summed E-state index contributed by atoms with van der Waals surface area (Å²) >= 11 is 0. The highest BCUT2D eigenvalue weighted by Gasteiger charge is 2.05. The molecule has 0 aliphatic rings. The number of rotatable bonds is 6. The topological polar surface area (TPSA) is 44.0 Å². The van der Waals surface area contributed by atoms with Crippen LogP contribution in [0, 0.1) is 0 Å². The van der Waals surface area contributed by atoms with Gasteiger partial charge in [-0.2, -0.15) is 5.10 Å². The Kier molecular flexibility index (Phi) is 4.33. The minimum atomic E-state index is 0.493. The Morgan fingerprint density at radius 2 is 2.28 bits per heavy atom. The number of likely N-dealkylation sites (N-methyl/N-ethyl adjacent to an activating group) is 1. The number of hydrogen-bond acceptors (Lipinski definition) is 3. The first kappa shape index (κ1) is 13.1. The molecule has 2 aromatic rings. The van der Waals surface area contributed by atoms with Gasteiger partial charge in [0.25, 0.3) is 0 Å². The largest absolute Gasteiger partial charge is 0.309 e. The van der Waals surface area contributed by atoms with E-state index in [9.17, 15) is 0 Å². The van der Waals surface area contributed by atoms with Crippen molar-refractivity contribution in [2.75, 3.05) is 20.1 Å². The van der Waals surface area contributed by atoms with Crippen LogP contribution in [0.25, 0.3) is 10.9 Å². The highest BCUT2D eigenvalue weighted by atomic mass is 15.1. The first-order chi connectivity index (χ1) is 8.69. The lowest BCUT2D eigenvalue weighted by molar-refractivity contribution is 0.309. The van der Waals surface area contributed by atoms with Gasteiger partial charge in [-0.15, -0.1) is 0 Å². The molecule has 1 aromatic carbocycles. The van der Waals surface area contributed by atoms with Crippen molar-refractivity contribution < 1.29 is 0 Å². The molecule has 1 aromatic heterocycles. The number of fused-ring (bicyclic) bond motifs is 1. The lowest BCUT2D eigenvalue weighted by Gasteiger charge is -2.20. The van der Waals surface area contributed by atoms with E-state index in [2.05, 4.69) is 59.5 Å². The molecule has 0 radical (unpaired) electrons. The second-order valence-electron chi connectivity index (χ2n) is 4.93. The van der Waals surface area contributed by atoms with Crippen molar-refractivity contribution in [1.82, 2.24) is 20.4 Å². The SMILES string of the molecule is CCN(C)CC(C)NCc1ccc2cn[nH]c2c1. The molecule has 0 aliphatic carbocycles. The number of benzene rings is 1. The van der Waals surface area contributed by atoms with Gasteiger partial charge in [0.05, 0.1) is 11.7 Å². The standard InChI is InChI=1S/C14H22N4/c1-4-18(3)10-11(2)15-8-12-5-6-13-9-16-17-14(13)7-12/h5-7,9,11,15H,4,8,10H2,1-3H3,(H,16,17). The van der Waals surface area contributed by atoms with Gasteiger partial charge >= 0.3 is 0 Å². The van der Waals surface area contributed by atoms with Gasteiger partial charge in [0.1, 0.15) is 0 Å². The molecule has 4 nitrogen and oxygen atoms in total.